The van der Waals surface area contributed by atoms with Crippen molar-refractivity contribution in [1.82, 2.24) is 10.6 Å². The minimum atomic E-state index is -0.0455. The molecule has 0 spiro atoms. The van der Waals surface area contributed by atoms with Gasteiger partial charge in [-0.3, -0.25) is 9.59 Å². The highest BCUT2D eigenvalue weighted by atomic mass is 35.5. The van der Waals surface area contributed by atoms with Gasteiger partial charge in [0.1, 0.15) is 5.75 Å². The number of carbonyl (C=O) groups is 2. The van der Waals surface area contributed by atoms with Gasteiger partial charge in [0, 0.05) is 36.7 Å². The molecule has 116 valence electrons. The molecule has 1 aromatic carbocycles. The van der Waals surface area contributed by atoms with Crippen LogP contribution >= 0.6 is 12.4 Å². The van der Waals surface area contributed by atoms with Crippen LogP contribution in [0.2, 0.25) is 0 Å². The minimum Gasteiger partial charge on any atom is -0.496 e. The van der Waals surface area contributed by atoms with Crippen molar-refractivity contribution in [3.8, 4) is 5.75 Å². The first-order chi connectivity index (χ1) is 9.60. The molecule has 2 N–H and O–H groups in total. The van der Waals surface area contributed by atoms with Crippen LogP contribution < -0.4 is 15.4 Å². The number of rotatable bonds is 6. The first kappa shape index (κ1) is 17.5. The van der Waals surface area contributed by atoms with E-state index in [-0.39, 0.29) is 30.5 Å². The van der Waals surface area contributed by atoms with Crippen molar-refractivity contribution in [2.45, 2.75) is 13.3 Å². The summed E-state index contributed by atoms with van der Waals surface area (Å²) in [7, 11) is 1.56. The molecule has 6 heteroatoms. The summed E-state index contributed by atoms with van der Waals surface area (Å²) in [6, 6.07) is 5.17. The van der Waals surface area contributed by atoms with E-state index in [1.54, 1.807) is 25.3 Å². The van der Waals surface area contributed by atoms with Crippen LogP contribution in [0.5, 0.6) is 5.75 Å². The van der Waals surface area contributed by atoms with Gasteiger partial charge in [0.2, 0.25) is 5.91 Å². The normalized spacial score (nSPS) is 13.8. The monoisotopic (exact) mass is 312 g/mol. The largest absolute Gasteiger partial charge is 0.496 e. The maximum Gasteiger partial charge on any atom is 0.224 e. The molecule has 21 heavy (non-hydrogen) atoms. The topological polar surface area (TPSA) is 67.4 Å². The predicted molar refractivity (Wildman–Crippen MR) is 83.3 cm³/mol. The summed E-state index contributed by atoms with van der Waals surface area (Å²) in [6.45, 7) is 4.13. The van der Waals surface area contributed by atoms with E-state index < -0.39 is 0 Å². The predicted octanol–water partition coefficient (Wildman–Crippen LogP) is 1.20. The summed E-state index contributed by atoms with van der Waals surface area (Å²) in [5.41, 5.74) is 1.33. The van der Waals surface area contributed by atoms with Crippen LogP contribution in [0.15, 0.2) is 18.2 Å². The number of hydrogen-bond acceptors (Lipinski definition) is 4. The first-order valence-electron chi connectivity index (χ1n) is 6.75. The zero-order valence-electron chi connectivity index (χ0n) is 12.3. The molecule has 0 aromatic heterocycles. The number of Topliss-reactive ketones (excluding diaryl/α,β-unsaturated/α-hetero) is 1. The summed E-state index contributed by atoms with van der Waals surface area (Å²) >= 11 is 0. The van der Waals surface area contributed by atoms with E-state index in [9.17, 15) is 9.59 Å². The van der Waals surface area contributed by atoms with E-state index in [1.807, 2.05) is 0 Å². The number of ether oxygens (including phenoxy) is 1. The van der Waals surface area contributed by atoms with Crippen LogP contribution in [-0.2, 0) is 11.2 Å². The van der Waals surface area contributed by atoms with E-state index in [0.717, 1.165) is 18.7 Å². The Bertz CT molecular complexity index is 516. The molecule has 5 nitrogen and oxygen atoms in total. The van der Waals surface area contributed by atoms with E-state index in [0.29, 0.717) is 23.8 Å². The molecule has 1 amide bonds. The summed E-state index contributed by atoms with van der Waals surface area (Å²) in [5.74, 6) is 1.10. The van der Waals surface area contributed by atoms with Gasteiger partial charge in [-0.2, -0.15) is 0 Å². The number of amides is 1. The Hall–Kier alpha value is -1.59. The summed E-state index contributed by atoms with van der Waals surface area (Å²) < 4.78 is 5.24. The quantitative estimate of drug-likeness (QED) is 0.775. The first-order valence-corrected chi connectivity index (χ1v) is 6.75. The summed E-state index contributed by atoms with van der Waals surface area (Å²) in [6.07, 6.45) is 0.227. The molecule has 2 rings (SSSR count). The van der Waals surface area contributed by atoms with Crippen LogP contribution in [-0.4, -0.2) is 38.4 Å². The zero-order valence-corrected chi connectivity index (χ0v) is 13.1. The van der Waals surface area contributed by atoms with Crippen LogP contribution in [0.4, 0.5) is 0 Å². The summed E-state index contributed by atoms with van der Waals surface area (Å²) in [4.78, 5) is 23.3. The number of methoxy groups -OCH3 is 1. The van der Waals surface area contributed by atoms with Gasteiger partial charge in [-0.25, -0.2) is 0 Å². The Balaban J connectivity index is 0.00000220. The van der Waals surface area contributed by atoms with Gasteiger partial charge in [0.05, 0.1) is 13.5 Å². The third-order valence-corrected chi connectivity index (χ3v) is 3.49. The van der Waals surface area contributed by atoms with Gasteiger partial charge >= 0.3 is 0 Å². The third-order valence-electron chi connectivity index (χ3n) is 3.49. The Morgan fingerprint density at radius 1 is 1.38 bits per heavy atom. The second kappa shape index (κ2) is 8.00. The highest BCUT2D eigenvalue weighted by Gasteiger charge is 2.18. The maximum absolute atomic E-state index is 11.9. The number of halogens is 1. The number of benzene rings is 1. The van der Waals surface area contributed by atoms with Crippen molar-refractivity contribution >= 4 is 24.1 Å². The van der Waals surface area contributed by atoms with Crippen LogP contribution in [0.3, 0.4) is 0 Å². The Labute approximate surface area is 130 Å². The van der Waals surface area contributed by atoms with Gasteiger partial charge in [-0.15, -0.1) is 12.4 Å². The number of hydrogen-bond donors (Lipinski definition) is 2. The van der Waals surface area contributed by atoms with Crippen molar-refractivity contribution in [1.29, 1.82) is 0 Å². The lowest BCUT2D eigenvalue weighted by Gasteiger charge is -2.27. The molecule has 1 heterocycles. The van der Waals surface area contributed by atoms with Crippen LogP contribution in [0.1, 0.15) is 22.8 Å². The van der Waals surface area contributed by atoms with Crippen molar-refractivity contribution in [2.24, 2.45) is 5.92 Å². The second-order valence-corrected chi connectivity index (χ2v) is 5.09. The minimum absolute atomic E-state index is 0. The van der Waals surface area contributed by atoms with Crippen molar-refractivity contribution < 1.29 is 14.3 Å². The third kappa shape index (κ3) is 4.72. The molecular formula is C15H21ClN2O3. The van der Waals surface area contributed by atoms with Crippen LogP contribution in [0.25, 0.3) is 0 Å². The van der Waals surface area contributed by atoms with E-state index in [2.05, 4.69) is 10.6 Å². The average Bonchev–Trinajstić information content (AvgIpc) is 2.36. The Kier molecular flexibility index (Phi) is 6.65. The van der Waals surface area contributed by atoms with Gasteiger partial charge in [-0.05, 0) is 25.1 Å². The SMILES string of the molecule is COc1ccc(C(C)=O)cc1CC(=O)NCC1CNC1.Cl. The molecule has 1 aliphatic heterocycles. The fourth-order valence-electron chi connectivity index (χ4n) is 2.12. The van der Waals surface area contributed by atoms with Gasteiger partial charge in [0.25, 0.3) is 0 Å². The number of ketones is 1. The molecule has 0 saturated carbocycles. The van der Waals surface area contributed by atoms with Crippen molar-refractivity contribution in [3.05, 3.63) is 29.3 Å². The standard InChI is InChI=1S/C15H20N2O3.ClH/c1-10(18)12-3-4-14(20-2)13(5-12)6-15(19)17-9-11-7-16-8-11;/h3-5,11,16H,6-9H2,1-2H3,(H,17,19);1H. The van der Waals surface area contributed by atoms with E-state index in [4.69, 9.17) is 4.74 Å². The lowest BCUT2D eigenvalue weighted by atomic mass is 10.0. The molecule has 1 saturated heterocycles. The molecular weight excluding hydrogens is 292 g/mol. The molecule has 1 fully saturated rings. The molecule has 1 aliphatic rings. The highest BCUT2D eigenvalue weighted by molar-refractivity contribution is 5.94. The van der Waals surface area contributed by atoms with Gasteiger partial charge in [0.15, 0.2) is 5.78 Å². The van der Waals surface area contributed by atoms with Gasteiger partial charge in [-0.1, -0.05) is 0 Å². The van der Waals surface area contributed by atoms with Crippen LogP contribution in [0, 0.1) is 5.92 Å². The van der Waals surface area contributed by atoms with Crippen molar-refractivity contribution in [3.63, 3.8) is 0 Å². The Morgan fingerprint density at radius 3 is 2.62 bits per heavy atom. The molecule has 0 bridgehead atoms. The Morgan fingerprint density at radius 2 is 2.10 bits per heavy atom. The molecule has 0 radical (unpaired) electrons. The fraction of sp³-hybridized carbons (Fsp3) is 0.467. The smallest absolute Gasteiger partial charge is 0.224 e. The molecule has 0 unspecified atom stereocenters. The van der Waals surface area contributed by atoms with E-state index in [1.165, 1.54) is 6.92 Å². The van der Waals surface area contributed by atoms with Gasteiger partial charge < -0.3 is 15.4 Å². The van der Waals surface area contributed by atoms with E-state index >= 15 is 0 Å². The molecule has 0 aliphatic carbocycles. The lowest BCUT2D eigenvalue weighted by Crippen LogP contribution is -2.48. The average molecular weight is 313 g/mol. The number of carbonyl (C=O) groups excluding carboxylic acids is 2. The lowest BCUT2D eigenvalue weighted by molar-refractivity contribution is -0.120. The summed E-state index contributed by atoms with van der Waals surface area (Å²) in [5, 5.41) is 6.08. The second-order valence-electron chi connectivity index (χ2n) is 5.09. The zero-order chi connectivity index (χ0) is 14.5. The fourth-order valence-corrected chi connectivity index (χ4v) is 2.12. The molecule has 0 atom stereocenters. The number of nitrogens with one attached hydrogen (secondary N) is 2. The molecule has 1 aromatic rings. The highest BCUT2D eigenvalue weighted by Crippen LogP contribution is 2.20. The maximum atomic E-state index is 11.9. The van der Waals surface area contributed by atoms with Crippen molar-refractivity contribution in [2.75, 3.05) is 26.7 Å².